The van der Waals surface area contributed by atoms with Gasteiger partial charge in [-0.15, -0.1) is 0 Å². The van der Waals surface area contributed by atoms with E-state index in [1.807, 2.05) is 25.2 Å². The van der Waals surface area contributed by atoms with Crippen LogP contribution in [0.2, 0.25) is 0 Å². The zero-order valence-electron chi connectivity index (χ0n) is 10.9. The lowest BCUT2D eigenvalue weighted by Crippen LogP contribution is -2.07. The van der Waals surface area contributed by atoms with Crippen LogP contribution in [-0.4, -0.2) is 18.6 Å². The lowest BCUT2D eigenvalue weighted by Gasteiger charge is -2.08. The molecule has 0 aliphatic carbocycles. The molecule has 3 heteroatoms. The number of pyridine rings is 1. The van der Waals surface area contributed by atoms with Crippen molar-refractivity contribution in [3.63, 3.8) is 0 Å². The lowest BCUT2D eigenvalue weighted by molar-refractivity contribution is 0.994. The largest absolute Gasteiger partial charge is 0.373 e. The van der Waals surface area contributed by atoms with E-state index < -0.39 is 0 Å². The number of benzene rings is 1. The maximum atomic E-state index is 4.42. The highest BCUT2D eigenvalue weighted by Crippen LogP contribution is 2.10. The molecule has 0 saturated carbocycles. The highest BCUT2D eigenvalue weighted by molar-refractivity contribution is 5.44. The van der Waals surface area contributed by atoms with Crippen LogP contribution in [0.3, 0.4) is 0 Å². The summed E-state index contributed by atoms with van der Waals surface area (Å²) < 4.78 is 0. The molecule has 0 atom stereocenters. The maximum absolute atomic E-state index is 4.42. The summed E-state index contributed by atoms with van der Waals surface area (Å²) in [5.41, 5.74) is 2.73. The predicted octanol–water partition coefficient (Wildman–Crippen LogP) is 3.09. The first kappa shape index (κ1) is 12.4. The van der Waals surface area contributed by atoms with E-state index in [1.165, 1.54) is 11.1 Å². The van der Waals surface area contributed by atoms with Crippen molar-refractivity contribution in [2.24, 2.45) is 0 Å². The quantitative estimate of drug-likeness (QED) is 0.844. The Balaban J connectivity index is 1.90. The third-order valence-electron chi connectivity index (χ3n) is 2.97. The van der Waals surface area contributed by atoms with Gasteiger partial charge >= 0.3 is 0 Å². The van der Waals surface area contributed by atoms with Gasteiger partial charge in [-0.05, 0) is 36.6 Å². The van der Waals surface area contributed by atoms with E-state index in [1.54, 1.807) is 0 Å². The first-order chi connectivity index (χ1) is 8.79. The molecule has 1 aromatic carbocycles. The van der Waals surface area contributed by atoms with E-state index in [0.717, 1.165) is 24.6 Å². The van der Waals surface area contributed by atoms with Crippen molar-refractivity contribution in [3.05, 3.63) is 53.6 Å². The Kier molecular flexibility index (Phi) is 4.18. The normalized spacial score (nSPS) is 10.1. The summed E-state index contributed by atoms with van der Waals surface area (Å²) in [6, 6.07) is 14.4. The second-order valence-electron chi connectivity index (χ2n) is 4.26. The number of anilines is 2. The molecule has 0 amide bonds. The van der Waals surface area contributed by atoms with Crippen LogP contribution in [0.5, 0.6) is 0 Å². The highest BCUT2D eigenvalue weighted by Gasteiger charge is 1.98. The molecule has 0 aliphatic rings. The SMILES string of the molecule is CNc1cccc(NCCc2ccccc2C)n1. The van der Waals surface area contributed by atoms with Crippen LogP contribution < -0.4 is 10.6 Å². The van der Waals surface area contributed by atoms with Crippen molar-refractivity contribution >= 4 is 11.6 Å². The third-order valence-corrected chi connectivity index (χ3v) is 2.97. The second kappa shape index (κ2) is 6.05. The standard InChI is InChI=1S/C15H19N3/c1-12-6-3-4-7-13(12)10-11-17-15-9-5-8-14(16-2)18-15/h3-9H,10-11H2,1-2H3,(H2,16,17,18). The van der Waals surface area contributed by atoms with Crippen LogP contribution in [0.15, 0.2) is 42.5 Å². The molecule has 1 heterocycles. The predicted molar refractivity (Wildman–Crippen MR) is 77.2 cm³/mol. The zero-order valence-corrected chi connectivity index (χ0v) is 10.9. The minimum atomic E-state index is 0.885. The number of hydrogen-bond acceptors (Lipinski definition) is 3. The van der Waals surface area contributed by atoms with Crippen LogP contribution in [0, 0.1) is 6.92 Å². The van der Waals surface area contributed by atoms with Crippen LogP contribution >= 0.6 is 0 Å². The van der Waals surface area contributed by atoms with Gasteiger partial charge in [0.1, 0.15) is 11.6 Å². The van der Waals surface area contributed by atoms with Gasteiger partial charge in [-0.25, -0.2) is 4.98 Å². The average Bonchev–Trinajstić information content (AvgIpc) is 2.41. The molecule has 0 radical (unpaired) electrons. The summed E-state index contributed by atoms with van der Waals surface area (Å²) in [7, 11) is 1.87. The monoisotopic (exact) mass is 241 g/mol. The average molecular weight is 241 g/mol. The lowest BCUT2D eigenvalue weighted by atomic mass is 10.1. The number of rotatable bonds is 5. The van der Waals surface area contributed by atoms with Gasteiger partial charge in [-0.2, -0.15) is 0 Å². The molecule has 0 unspecified atom stereocenters. The van der Waals surface area contributed by atoms with Gasteiger partial charge in [0.25, 0.3) is 0 Å². The third kappa shape index (κ3) is 3.23. The molecular formula is C15H19N3. The summed E-state index contributed by atoms with van der Waals surface area (Å²) in [5, 5.41) is 6.38. The Morgan fingerprint density at radius 2 is 1.78 bits per heavy atom. The molecule has 0 saturated heterocycles. The first-order valence-electron chi connectivity index (χ1n) is 6.23. The van der Waals surface area contributed by atoms with Crippen LogP contribution in [0.25, 0.3) is 0 Å². The Labute approximate surface area is 108 Å². The van der Waals surface area contributed by atoms with Gasteiger partial charge in [-0.1, -0.05) is 30.3 Å². The van der Waals surface area contributed by atoms with Crippen molar-refractivity contribution in [3.8, 4) is 0 Å². The van der Waals surface area contributed by atoms with Crippen molar-refractivity contribution in [1.29, 1.82) is 0 Å². The van der Waals surface area contributed by atoms with Gasteiger partial charge in [0, 0.05) is 13.6 Å². The fourth-order valence-corrected chi connectivity index (χ4v) is 1.89. The van der Waals surface area contributed by atoms with Crippen LogP contribution in [-0.2, 0) is 6.42 Å². The van der Waals surface area contributed by atoms with Gasteiger partial charge in [0.2, 0.25) is 0 Å². The smallest absolute Gasteiger partial charge is 0.128 e. The van der Waals surface area contributed by atoms with Gasteiger partial charge < -0.3 is 10.6 Å². The Morgan fingerprint density at radius 3 is 2.56 bits per heavy atom. The van der Waals surface area contributed by atoms with Crippen molar-refractivity contribution in [2.45, 2.75) is 13.3 Å². The molecule has 0 fully saturated rings. The fourth-order valence-electron chi connectivity index (χ4n) is 1.89. The molecule has 2 aromatic rings. The molecule has 1 aromatic heterocycles. The summed E-state index contributed by atoms with van der Waals surface area (Å²) in [4.78, 5) is 4.42. The summed E-state index contributed by atoms with van der Waals surface area (Å²) in [5.74, 6) is 1.80. The van der Waals surface area contributed by atoms with E-state index >= 15 is 0 Å². The maximum Gasteiger partial charge on any atom is 0.128 e. The Hall–Kier alpha value is -2.03. The van der Waals surface area contributed by atoms with E-state index in [0.29, 0.717) is 0 Å². The van der Waals surface area contributed by atoms with E-state index in [-0.39, 0.29) is 0 Å². The summed E-state index contributed by atoms with van der Waals surface area (Å²) in [6.07, 6.45) is 1.01. The summed E-state index contributed by atoms with van der Waals surface area (Å²) >= 11 is 0. The minimum absolute atomic E-state index is 0.885. The molecule has 2 N–H and O–H groups in total. The molecular weight excluding hydrogens is 222 g/mol. The van der Waals surface area contributed by atoms with Gasteiger partial charge in [-0.3, -0.25) is 0 Å². The van der Waals surface area contributed by atoms with Crippen LogP contribution in [0.4, 0.5) is 11.6 Å². The summed E-state index contributed by atoms with van der Waals surface area (Å²) in [6.45, 7) is 3.04. The Bertz CT molecular complexity index is 509. The van der Waals surface area contributed by atoms with Crippen molar-refractivity contribution < 1.29 is 0 Å². The molecule has 18 heavy (non-hydrogen) atoms. The van der Waals surface area contributed by atoms with E-state index in [4.69, 9.17) is 0 Å². The van der Waals surface area contributed by atoms with E-state index in [9.17, 15) is 0 Å². The molecule has 0 spiro atoms. The first-order valence-corrected chi connectivity index (χ1v) is 6.23. The minimum Gasteiger partial charge on any atom is -0.373 e. The van der Waals surface area contributed by atoms with Crippen molar-refractivity contribution in [2.75, 3.05) is 24.2 Å². The Morgan fingerprint density at radius 1 is 1.00 bits per heavy atom. The van der Waals surface area contributed by atoms with Gasteiger partial charge in [0.05, 0.1) is 0 Å². The number of aryl methyl sites for hydroxylation is 1. The molecule has 0 aliphatic heterocycles. The zero-order chi connectivity index (χ0) is 12.8. The fraction of sp³-hybridized carbons (Fsp3) is 0.267. The molecule has 0 bridgehead atoms. The highest BCUT2D eigenvalue weighted by atomic mass is 15.0. The number of hydrogen-bond donors (Lipinski definition) is 2. The van der Waals surface area contributed by atoms with Crippen molar-refractivity contribution in [1.82, 2.24) is 4.98 Å². The number of aromatic nitrogens is 1. The van der Waals surface area contributed by atoms with E-state index in [2.05, 4.69) is 46.8 Å². The molecule has 2 rings (SSSR count). The van der Waals surface area contributed by atoms with Gasteiger partial charge in [0.15, 0.2) is 0 Å². The number of nitrogens with one attached hydrogen (secondary N) is 2. The second-order valence-corrected chi connectivity index (χ2v) is 4.26. The number of nitrogens with zero attached hydrogens (tertiary/aromatic N) is 1. The molecule has 94 valence electrons. The topological polar surface area (TPSA) is 37.0 Å². The molecule has 3 nitrogen and oxygen atoms in total. The van der Waals surface area contributed by atoms with Crippen LogP contribution in [0.1, 0.15) is 11.1 Å².